The molecule has 0 aliphatic heterocycles. The van der Waals surface area contributed by atoms with Crippen LogP contribution in [-0.4, -0.2) is 28.2 Å². The van der Waals surface area contributed by atoms with Gasteiger partial charge in [-0.2, -0.15) is 0 Å². The molecule has 3 rings (SSSR count). The van der Waals surface area contributed by atoms with E-state index in [2.05, 4.69) is 5.32 Å². The Balaban J connectivity index is 2.16. The highest BCUT2D eigenvalue weighted by atomic mass is 16.5. The fraction of sp³-hybridized carbons (Fsp3) is 0.286. The van der Waals surface area contributed by atoms with E-state index in [-0.39, 0.29) is 12.5 Å². The lowest BCUT2D eigenvalue weighted by Gasteiger charge is -2.14. The van der Waals surface area contributed by atoms with Gasteiger partial charge >= 0.3 is 5.69 Å². The predicted molar refractivity (Wildman–Crippen MR) is 108 cm³/mol. The molecule has 1 aromatic heterocycles. The van der Waals surface area contributed by atoms with Gasteiger partial charge in [-0.15, -0.1) is 0 Å². The highest BCUT2D eigenvalue weighted by Crippen LogP contribution is 2.15. The summed E-state index contributed by atoms with van der Waals surface area (Å²) in [4.78, 5) is 38.4. The number of amides is 1. The number of para-hydroxylation sites is 1. The van der Waals surface area contributed by atoms with Crippen molar-refractivity contribution in [2.75, 3.05) is 13.2 Å². The number of nitrogens with one attached hydrogen (secondary N) is 1. The summed E-state index contributed by atoms with van der Waals surface area (Å²) in [7, 11) is 0. The van der Waals surface area contributed by atoms with Crippen LogP contribution in [0, 0.1) is 0 Å². The van der Waals surface area contributed by atoms with Crippen molar-refractivity contribution in [1.29, 1.82) is 0 Å². The molecule has 146 valence electrons. The number of fused-ring (bicyclic) bond motifs is 1. The minimum absolute atomic E-state index is 0.156. The lowest BCUT2D eigenvalue weighted by molar-refractivity contribution is -0.121. The van der Waals surface area contributed by atoms with Crippen molar-refractivity contribution in [3.63, 3.8) is 0 Å². The molecule has 0 atom stereocenters. The largest absolute Gasteiger partial charge is 0.494 e. The first-order valence-electron chi connectivity index (χ1n) is 9.31. The van der Waals surface area contributed by atoms with Crippen molar-refractivity contribution in [2.24, 2.45) is 0 Å². The zero-order chi connectivity index (χ0) is 20.1. The number of benzene rings is 2. The number of carbonyl (C=O) groups is 1. The molecule has 1 heterocycles. The molecular weight excluding hydrogens is 358 g/mol. The first kappa shape index (κ1) is 19.4. The van der Waals surface area contributed by atoms with E-state index in [1.165, 1.54) is 4.57 Å². The molecule has 0 unspecified atom stereocenters. The minimum Gasteiger partial charge on any atom is -0.494 e. The summed E-state index contributed by atoms with van der Waals surface area (Å²) in [6, 6.07) is 13.5. The molecule has 1 amide bonds. The van der Waals surface area contributed by atoms with Crippen LogP contribution in [0.3, 0.4) is 0 Å². The van der Waals surface area contributed by atoms with E-state index in [1.807, 2.05) is 13.8 Å². The first-order valence-corrected chi connectivity index (χ1v) is 9.31. The SMILES string of the molecule is CCCNC(=O)Cn1c(=O)n(-c2ccc(OCC)cc2)c(=O)c2ccccc21. The van der Waals surface area contributed by atoms with Crippen molar-refractivity contribution < 1.29 is 9.53 Å². The van der Waals surface area contributed by atoms with Gasteiger partial charge in [0.05, 0.1) is 23.2 Å². The van der Waals surface area contributed by atoms with Crippen LogP contribution in [0.2, 0.25) is 0 Å². The second-order valence-corrected chi connectivity index (χ2v) is 6.30. The number of carbonyl (C=O) groups excluding carboxylic acids is 1. The maximum atomic E-state index is 13.1. The molecule has 0 radical (unpaired) electrons. The average Bonchev–Trinajstić information content (AvgIpc) is 2.71. The second kappa shape index (κ2) is 8.56. The van der Waals surface area contributed by atoms with Gasteiger partial charge in [0.1, 0.15) is 12.3 Å². The molecule has 3 aromatic rings. The van der Waals surface area contributed by atoms with E-state index in [4.69, 9.17) is 4.74 Å². The Kier molecular flexibility index (Phi) is 5.93. The number of rotatable bonds is 7. The zero-order valence-electron chi connectivity index (χ0n) is 16.0. The van der Waals surface area contributed by atoms with Crippen molar-refractivity contribution in [1.82, 2.24) is 14.5 Å². The summed E-state index contributed by atoms with van der Waals surface area (Å²) in [5.41, 5.74) is -0.118. The Labute approximate surface area is 162 Å². The molecule has 0 bridgehead atoms. The zero-order valence-corrected chi connectivity index (χ0v) is 16.0. The van der Waals surface area contributed by atoms with Crippen LogP contribution in [0.1, 0.15) is 20.3 Å². The van der Waals surface area contributed by atoms with Gasteiger partial charge < -0.3 is 10.1 Å². The van der Waals surface area contributed by atoms with Gasteiger partial charge in [0.2, 0.25) is 5.91 Å². The Hall–Kier alpha value is -3.35. The van der Waals surface area contributed by atoms with Crippen LogP contribution in [0.15, 0.2) is 58.1 Å². The molecule has 0 aliphatic rings. The predicted octanol–water partition coefficient (Wildman–Crippen LogP) is 2.08. The van der Waals surface area contributed by atoms with E-state index in [1.54, 1.807) is 48.5 Å². The van der Waals surface area contributed by atoms with E-state index in [0.717, 1.165) is 11.0 Å². The van der Waals surface area contributed by atoms with Gasteiger partial charge in [0.15, 0.2) is 0 Å². The highest BCUT2D eigenvalue weighted by Gasteiger charge is 2.16. The van der Waals surface area contributed by atoms with Crippen LogP contribution in [0.25, 0.3) is 16.6 Å². The quantitative estimate of drug-likeness (QED) is 0.679. The summed E-state index contributed by atoms with van der Waals surface area (Å²) < 4.78 is 7.84. The molecule has 2 aromatic carbocycles. The monoisotopic (exact) mass is 381 g/mol. The number of hydrogen-bond acceptors (Lipinski definition) is 4. The number of ether oxygens (including phenoxy) is 1. The van der Waals surface area contributed by atoms with Crippen molar-refractivity contribution in [2.45, 2.75) is 26.8 Å². The van der Waals surface area contributed by atoms with Crippen molar-refractivity contribution in [3.05, 3.63) is 69.4 Å². The summed E-state index contributed by atoms with van der Waals surface area (Å²) >= 11 is 0. The number of aromatic nitrogens is 2. The van der Waals surface area contributed by atoms with Gasteiger partial charge in [-0.3, -0.25) is 14.2 Å². The van der Waals surface area contributed by atoms with E-state index in [9.17, 15) is 14.4 Å². The average molecular weight is 381 g/mol. The summed E-state index contributed by atoms with van der Waals surface area (Å²) in [6.45, 7) is 4.73. The van der Waals surface area contributed by atoms with Crippen LogP contribution in [0.5, 0.6) is 5.75 Å². The Morgan fingerprint density at radius 3 is 2.43 bits per heavy atom. The molecular formula is C21H23N3O4. The van der Waals surface area contributed by atoms with Crippen LogP contribution >= 0.6 is 0 Å². The van der Waals surface area contributed by atoms with E-state index in [0.29, 0.717) is 35.5 Å². The molecule has 0 saturated carbocycles. The van der Waals surface area contributed by atoms with Gasteiger partial charge in [-0.05, 0) is 49.7 Å². The van der Waals surface area contributed by atoms with E-state index < -0.39 is 11.2 Å². The highest BCUT2D eigenvalue weighted by molar-refractivity contribution is 5.81. The van der Waals surface area contributed by atoms with Gasteiger partial charge in [-0.25, -0.2) is 9.36 Å². The van der Waals surface area contributed by atoms with Gasteiger partial charge in [-0.1, -0.05) is 19.1 Å². The number of hydrogen-bond donors (Lipinski definition) is 1. The molecule has 7 nitrogen and oxygen atoms in total. The third-order valence-corrected chi connectivity index (χ3v) is 4.33. The van der Waals surface area contributed by atoms with E-state index >= 15 is 0 Å². The Morgan fingerprint density at radius 2 is 1.75 bits per heavy atom. The molecule has 28 heavy (non-hydrogen) atoms. The lowest BCUT2D eigenvalue weighted by Crippen LogP contribution is -2.41. The maximum absolute atomic E-state index is 13.1. The Morgan fingerprint density at radius 1 is 1.04 bits per heavy atom. The third-order valence-electron chi connectivity index (χ3n) is 4.33. The molecule has 0 saturated heterocycles. The first-order chi connectivity index (χ1) is 13.6. The molecule has 0 spiro atoms. The third kappa shape index (κ3) is 3.83. The van der Waals surface area contributed by atoms with Crippen LogP contribution in [-0.2, 0) is 11.3 Å². The number of nitrogens with zero attached hydrogens (tertiary/aromatic N) is 2. The van der Waals surface area contributed by atoms with Crippen LogP contribution < -0.4 is 21.3 Å². The fourth-order valence-electron chi connectivity index (χ4n) is 3.02. The Bertz CT molecular complexity index is 1100. The van der Waals surface area contributed by atoms with Crippen molar-refractivity contribution >= 4 is 16.8 Å². The van der Waals surface area contributed by atoms with Crippen molar-refractivity contribution in [3.8, 4) is 11.4 Å². The van der Waals surface area contributed by atoms with Gasteiger partial charge in [0, 0.05) is 6.54 Å². The maximum Gasteiger partial charge on any atom is 0.336 e. The fourth-order valence-corrected chi connectivity index (χ4v) is 3.02. The summed E-state index contributed by atoms with van der Waals surface area (Å²) in [6.07, 6.45) is 0.799. The lowest BCUT2D eigenvalue weighted by atomic mass is 10.2. The molecule has 0 aliphatic carbocycles. The van der Waals surface area contributed by atoms with Crippen LogP contribution in [0.4, 0.5) is 0 Å². The molecule has 7 heteroatoms. The van der Waals surface area contributed by atoms with Gasteiger partial charge in [0.25, 0.3) is 5.56 Å². The smallest absolute Gasteiger partial charge is 0.336 e. The topological polar surface area (TPSA) is 82.3 Å². The summed E-state index contributed by atoms with van der Waals surface area (Å²) in [5, 5.41) is 3.14. The molecule has 0 fully saturated rings. The summed E-state index contributed by atoms with van der Waals surface area (Å²) in [5.74, 6) is 0.380. The standard InChI is InChI=1S/C21H23N3O4/c1-3-13-22-19(25)14-23-18-8-6-5-7-17(18)20(26)24(21(23)27)15-9-11-16(12-10-15)28-4-2/h5-12H,3-4,13-14H2,1-2H3,(H,22,25). The normalized spacial score (nSPS) is 10.8. The minimum atomic E-state index is -0.556. The second-order valence-electron chi connectivity index (χ2n) is 6.30. The molecule has 1 N–H and O–H groups in total.